The van der Waals surface area contributed by atoms with Crippen molar-refractivity contribution in [2.75, 3.05) is 13.1 Å². The molecule has 1 aliphatic carbocycles. The molecule has 0 radical (unpaired) electrons. The summed E-state index contributed by atoms with van der Waals surface area (Å²) < 4.78 is 86.8. The van der Waals surface area contributed by atoms with Crippen molar-refractivity contribution in [2.24, 2.45) is 5.92 Å². The predicted molar refractivity (Wildman–Crippen MR) is 140 cm³/mol. The number of nitrogens with one attached hydrogen (secondary N) is 1. The van der Waals surface area contributed by atoms with Gasteiger partial charge in [-0.15, -0.1) is 0 Å². The van der Waals surface area contributed by atoms with Crippen LogP contribution in [-0.2, 0) is 26.7 Å². The molecule has 2 aromatic rings. The van der Waals surface area contributed by atoms with Gasteiger partial charge in [-0.25, -0.2) is 0 Å². The Labute approximate surface area is 235 Å². The second-order valence-corrected chi connectivity index (χ2v) is 11.0. The van der Waals surface area contributed by atoms with E-state index in [-0.39, 0.29) is 41.3 Å². The normalized spacial score (nSPS) is 24.5. The van der Waals surface area contributed by atoms with E-state index in [1.165, 1.54) is 13.8 Å². The molecular formula is C30H34F6N2O3. The summed E-state index contributed by atoms with van der Waals surface area (Å²) in [6.45, 7) is 3.60. The molecule has 3 atom stereocenters. The molecule has 2 aliphatic rings. The summed E-state index contributed by atoms with van der Waals surface area (Å²) in [5.74, 6) is -0.563. The fourth-order valence-electron chi connectivity index (χ4n) is 5.90. The second kappa shape index (κ2) is 12.4. The van der Waals surface area contributed by atoms with Crippen LogP contribution in [0.1, 0.15) is 80.2 Å². The first-order chi connectivity index (χ1) is 19.2. The number of carbonyl (C=O) groups is 2. The van der Waals surface area contributed by atoms with Crippen LogP contribution in [0.15, 0.2) is 48.5 Å². The van der Waals surface area contributed by atoms with Crippen LogP contribution in [0.3, 0.4) is 0 Å². The lowest BCUT2D eigenvalue weighted by Crippen LogP contribution is -2.49. The Morgan fingerprint density at radius 1 is 0.902 bits per heavy atom. The van der Waals surface area contributed by atoms with E-state index in [4.69, 9.17) is 4.74 Å². The Kier molecular flexibility index (Phi) is 9.35. The maximum absolute atomic E-state index is 13.5. The summed E-state index contributed by atoms with van der Waals surface area (Å²) >= 11 is 0. The van der Waals surface area contributed by atoms with Gasteiger partial charge in [0.25, 0.3) is 0 Å². The molecule has 2 amide bonds. The van der Waals surface area contributed by atoms with Gasteiger partial charge in [-0.05, 0) is 68.4 Å². The van der Waals surface area contributed by atoms with Gasteiger partial charge in [0.05, 0.1) is 23.3 Å². The number of rotatable bonds is 6. The molecule has 4 rings (SSSR count). The van der Waals surface area contributed by atoms with Crippen molar-refractivity contribution in [1.29, 1.82) is 0 Å². The summed E-state index contributed by atoms with van der Waals surface area (Å²) in [6.07, 6.45) is -8.36. The van der Waals surface area contributed by atoms with E-state index >= 15 is 0 Å². The fraction of sp³-hybridized carbons (Fsp3) is 0.533. The van der Waals surface area contributed by atoms with Crippen molar-refractivity contribution in [1.82, 2.24) is 10.2 Å². The number of carbonyl (C=O) groups excluding carboxylic acids is 2. The summed E-state index contributed by atoms with van der Waals surface area (Å²) in [4.78, 5) is 26.6. The van der Waals surface area contributed by atoms with Crippen LogP contribution in [-0.4, -0.2) is 41.9 Å². The lowest BCUT2D eigenvalue weighted by atomic mass is 9.83. The average Bonchev–Trinajstić information content (AvgIpc) is 2.92. The summed E-state index contributed by atoms with van der Waals surface area (Å²) in [5.41, 5.74) is -2.11. The maximum atomic E-state index is 13.5. The van der Waals surface area contributed by atoms with Crippen LogP contribution in [0.2, 0.25) is 0 Å². The van der Waals surface area contributed by atoms with E-state index in [9.17, 15) is 35.9 Å². The third-order valence-corrected chi connectivity index (χ3v) is 8.03. The van der Waals surface area contributed by atoms with E-state index in [1.807, 2.05) is 30.3 Å². The Morgan fingerprint density at radius 2 is 1.49 bits per heavy atom. The van der Waals surface area contributed by atoms with E-state index in [1.54, 1.807) is 4.90 Å². The summed E-state index contributed by atoms with van der Waals surface area (Å²) in [6, 6.07) is 10.8. The maximum Gasteiger partial charge on any atom is 0.416 e. The predicted octanol–water partition coefficient (Wildman–Crippen LogP) is 6.88. The molecule has 0 bridgehead atoms. The first kappa shape index (κ1) is 30.9. The zero-order valence-corrected chi connectivity index (χ0v) is 22.9. The molecule has 1 saturated heterocycles. The summed E-state index contributed by atoms with van der Waals surface area (Å²) in [7, 11) is 0. The van der Waals surface area contributed by atoms with E-state index in [2.05, 4.69) is 5.32 Å². The van der Waals surface area contributed by atoms with Gasteiger partial charge in [0, 0.05) is 37.9 Å². The average molecular weight is 585 g/mol. The monoisotopic (exact) mass is 584 g/mol. The van der Waals surface area contributed by atoms with Gasteiger partial charge in [-0.3, -0.25) is 9.59 Å². The van der Waals surface area contributed by atoms with Gasteiger partial charge >= 0.3 is 12.4 Å². The molecular weight excluding hydrogens is 550 g/mol. The number of benzene rings is 2. The number of hydrogen-bond acceptors (Lipinski definition) is 3. The number of halogens is 6. The standard InChI is InChI=1S/C30H34F6N2O3/c1-18(22-14-23(29(31,32)33)16-24(15-22)30(34,35)36)41-27-12-13-38(17-26(27)20-6-4-3-5-7-20)28(40)21-8-10-25(11-9-21)37-19(2)39/h3-7,14-16,18,21,25-27H,8-13,17H2,1-2H3,(H,37,39)/t18-,21-,25-,26+,27+/m1/s1. The van der Waals surface area contributed by atoms with Crippen LogP contribution in [0.5, 0.6) is 0 Å². The molecule has 2 fully saturated rings. The number of piperidine rings is 1. The van der Waals surface area contributed by atoms with Crippen molar-refractivity contribution in [3.8, 4) is 0 Å². The van der Waals surface area contributed by atoms with Crippen molar-refractivity contribution in [2.45, 2.75) is 82.5 Å². The van der Waals surface area contributed by atoms with E-state index in [0.717, 1.165) is 5.56 Å². The molecule has 224 valence electrons. The fourth-order valence-corrected chi connectivity index (χ4v) is 5.90. The zero-order valence-electron chi connectivity index (χ0n) is 22.9. The highest BCUT2D eigenvalue weighted by Crippen LogP contribution is 2.40. The van der Waals surface area contributed by atoms with Crippen LogP contribution in [0.4, 0.5) is 26.3 Å². The minimum atomic E-state index is -4.95. The number of likely N-dealkylation sites (tertiary alicyclic amines) is 1. The number of ether oxygens (including phenoxy) is 1. The first-order valence-corrected chi connectivity index (χ1v) is 13.8. The van der Waals surface area contributed by atoms with Gasteiger partial charge in [0.2, 0.25) is 11.8 Å². The van der Waals surface area contributed by atoms with Crippen LogP contribution in [0, 0.1) is 5.92 Å². The zero-order chi connectivity index (χ0) is 29.9. The molecule has 1 saturated carbocycles. The highest BCUT2D eigenvalue weighted by Gasteiger charge is 2.40. The Balaban J connectivity index is 1.51. The van der Waals surface area contributed by atoms with E-state index < -0.39 is 35.7 Å². The topological polar surface area (TPSA) is 58.6 Å². The highest BCUT2D eigenvalue weighted by molar-refractivity contribution is 5.79. The molecule has 0 spiro atoms. The Hall–Kier alpha value is -3.08. The highest BCUT2D eigenvalue weighted by atomic mass is 19.4. The first-order valence-electron chi connectivity index (χ1n) is 13.8. The lowest BCUT2D eigenvalue weighted by molar-refractivity contribution is -0.143. The second-order valence-electron chi connectivity index (χ2n) is 11.0. The van der Waals surface area contributed by atoms with E-state index in [0.29, 0.717) is 57.3 Å². The van der Waals surface area contributed by atoms with Gasteiger partial charge < -0.3 is 15.0 Å². The quantitative estimate of drug-likeness (QED) is 0.377. The minimum Gasteiger partial charge on any atom is -0.370 e. The molecule has 1 N–H and O–H groups in total. The van der Waals surface area contributed by atoms with Crippen molar-refractivity contribution in [3.63, 3.8) is 0 Å². The molecule has 1 aliphatic heterocycles. The van der Waals surface area contributed by atoms with Gasteiger partial charge in [0.15, 0.2) is 0 Å². The number of alkyl halides is 6. The SMILES string of the molecule is CC(=O)N[C@H]1CC[C@H](C(=O)N2CC[C@H](O[C@H](C)c3cc(C(F)(F)F)cc(C(F)(F)F)c3)[C@H](c3ccccc3)C2)CC1. The largest absolute Gasteiger partial charge is 0.416 e. The van der Waals surface area contributed by atoms with Gasteiger partial charge in [0.1, 0.15) is 0 Å². The van der Waals surface area contributed by atoms with Crippen molar-refractivity contribution >= 4 is 11.8 Å². The van der Waals surface area contributed by atoms with Crippen molar-refractivity contribution in [3.05, 3.63) is 70.8 Å². The molecule has 41 heavy (non-hydrogen) atoms. The third-order valence-electron chi connectivity index (χ3n) is 8.03. The molecule has 0 aromatic heterocycles. The minimum absolute atomic E-state index is 0.0198. The van der Waals surface area contributed by atoms with Gasteiger partial charge in [-0.2, -0.15) is 26.3 Å². The van der Waals surface area contributed by atoms with Crippen molar-refractivity contribution < 1.29 is 40.7 Å². The van der Waals surface area contributed by atoms with Crippen LogP contribution >= 0.6 is 0 Å². The Bertz CT molecular complexity index is 1180. The molecule has 2 aromatic carbocycles. The third kappa shape index (κ3) is 7.81. The molecule has 0 unspecified atom stereocenters. The van der Waals surface area contributed by atoms with Crippen LogP contribution < -0.4 is 5.32 Å². The number of hydrogen-bond donors (Lipinski definition) is 1. The molecule has 5 nitrogen and oxygen atoms in total. The van der Waals surface area contributed by atoms with Gasteiger partial charge in [-0.1, -0.05) is 30.3 Å². The Morgan fingerprint density at radius 3 is 2.02 bits per heavy atom. The molecule has 11 heteroatoms. The number of nitrogens with zero attached hydrogens (tertiary/aromatic N) is 1. The molecule has 1 heterocycles. The summed E-state index contributed by atoms with van der Waals surface area (Å²) in [5, 5.41) is 2.90. The lowest BCUT2D eigenvalue weighted by Gasteiger charge is -2.41. The number of amides is 2. The van der Waals surface area contributed by atoms with Crippen LogP contribution in [0.25, 0.3) is 0 Å². The smallest absolute Gasteiger partial charge is 0.370 e.